The normalized spacial score (nSPS) is 19.1. The van der Waals surface area contributed by atoms with Gasteiger partial charge in [0.2, 0.25) is 5.91 Å². The van der Waals surface area contributed by atoms with Crippen LogP contribution in [-0.4, -0.2) is 41.1 Å². The van der Waals surface area contributed by atoms with E-state index in [9.17, 15) is 23.2 Å². The summed E-state index contributed by atoms with van der Waals surface area (Å²) in [4.78, 5) is 37.9. The third-order valence-electron chi connectivity index (χ3n) is 4.13. The van der Waals surface area contributed by atoms with Gasteiger partial charge in [-0.15, -0.1) is 0 Å². The second-order valence-electron chi connectivity index (χ2n) is 6.22. The van der Waals surface area contributed by atoms with Crippen molar-refractivity contribution in [2.75, 3.05) is 11.9 Å². The third kappa shape index (κ3) is 3.77. The van der Waals surface area contributed by atoms with Gasteiger partial charge in [-0.1, -0.05) is 17.3 Å². The van der Waals surface area contributed by atoms with Crippen molar-refractivity contribution in [1.82, 2.24) is 15.4 Å². The zero-order valence-corrected chi connectivity index (χ0v) is 14.9. The summed E-state index contributed by atoms with van der Waals surface area (Å²) in [6.45, 7) is -0.409. The highest BCUT2D eigenvalue weighted by atomic mass is 19.3. The molecular weight excluding hydrogens is 378 g/mol. The van der Waals surface area contributed by atoms with Crippen LogP contribution in [0.5, 0.6) is 5.75 Å². The lowest BCUT2D eigenvalue weighted by Gasteiger charge is -2.22. The van der Waals surface area contributed by atoms with E-state index in [4.69, 9.17) is 4.52 Å². The van der Waals surface area contributed by atoms with E-state index in [-0.39, 0.29) is 11.6 Å². The van der Waals surface area contributed by atoms with Crippen molar-refractivity contribution in [3.05, 3.63) is 41.7 Å². The summed E-state index contributed by atoms with van der Waals surface area (Å²) in [7, 11) is 0. The van der Waals surface area contributed by atoms with Crippen LogP contribution >= 0.6 is 0 Å². The summed E-state index contributed by atoms with van der Waals surface area (Å²) in [6.07, 6.45) is 0. The summed E-state index contributed by atoms with van der Waals surface area (Å²) in [5.74, 6) is -0.740. The number of nitrogens with zero attached hydrogens (tertiary/aromatic N) is 2. The Bertz CT molecular complexity index is 915. The first kappa shape index (κ1) is 19.3. The number of hydrogen-bond donors (Lipinski definition) is 2. The van der Waals surface area contributed by atoms with Gasteiger partial charge in [0, 0.05) is 6.07 Å². The fourth-order valence-corrected chi connectivity index (χ4v) is 2.76. The molecule has 4 amide bonds. The maximum absolute atomic E-state index is 12.8. The first-order chi connectivity index (χ1) is 13.2. The predicted molar refractivity (Wildman–Crippen MR) is 90.5 cm³/mol. The number of benzene rings is 1. The molecule has 0 aliphatic carbocycles. The lowest BCUT2D eigenvalue weighted by atomic mass is 9.92. The van der Waals surface area contributed by atoms with Crippen molar-refractivity contribution in [3.8, 4) is 5.75 Å². The molecule has 0 bridgehead atoms. The maximum Gasteiger partial charge on any atom is 0.387 e. The molecule has 1 aliphatic heterocycles. The smallest absolute Gasteiger partial charge is 0.387 e. The van der Waals surface area contributed by atoms with Gasteiger partial charge in [-0.05, 0) is 31.5 Å². The Kier molecular flexibility index (Phi) is 4.99. The van der Waals surface area contributed by atoms with Gasteiger partial charge in [-0.3, -0.25) is 14.5 Å². The number of anilines is 1. The summed E-state index contributed by atoms with van der Waals surface area (Å²) in [5, 5.41) is 8.53. The topological polar surface area (TPSA) is 114 Å². The molecule has 0 saturated carbocycles. The van der Waals surface area contributed by atoms with Gasteiger partial charge in [0.1, 0.15) is 23.6 Å². The van der Waals surface area contributed by atoms with Crippen molar-refractivity contribution >= 4 is 23.7 Å². The van der Waals surface area contributed by atoms with Gasteiger partial charge in [-0.2, -0.15) is 8.78 Å². The van der Waals surface area contributed by atoms with Crippen LogP contribution in [0, 0.1) is 6.92 Å². The molecule has 2 aromatic rings. The van der Waals surface area contributed by atoms with E-state index in [0.29, 0.717) is 11.3 Å². The summed E-state index contributed by atoms with van der Waals surface area (Å²) >= 11 is 0. The molecule has 0 spiro atoms. The first-order valence-electron chi connectivity index (χ1n) is 8.11. The highest BCUT2D eigenvalue weighted by Crippen LogP contribution is 2.30. The zero-order valence-electron chi connectivity index (χ0n) is 14.9. The molecule has 148 valence electrons. The van der Waals surface area contributed by atoms with Gasteiger partial charge in [0.05, 0.1) is 0 Å². The number of carbonyl (C=O) groups is 3. The van der Waals surface area contributed by atoms with E-state index in [2.05, 4.69) is 20.5 Å². The Morgan fingerprint density at radius 3 is 2.61 bits per heavy atom. The number of amides is 4. The second-order valence-corrected chi connectivity index (χ2v) is 6.22. The predicted octanol–water partition coefficient (Wildman–Crippen LogP) is 1.99. The molecule has 1 aliphatic rings. The standard InChI is InChI=1S/C17H16F2N4O5/c1-9-7-12(22-28-9)20-13(24)8-23-14(25)17(2,21-16(23)26)10-3-5-11(6-4-10)27-15(18)19/h3-7,15H,8H2,1-2H3,(H,21,26)(H,20,22,24)/t17-/m1/s1. The Morgan fingerprint density at radius 2 is 2.04 bits per heavy atom. The van der Waals surface area contributed by atoms with Crippen LogP contribution in [0.1, 0.15) is 18.2 Å². The van der Waals surface area contributed by atoms with Gasteiger partial charge < -0.3 is 19.9 Å². The molecule has 9 nitrogen and oxygen atoms in total. The average Bonchev–Trinajstić information content (AvgIpc) is 3.11. The molecule has 1 atom stereocenters. The largest absolute Gasteiger partial charge is 0.435 e. The lowest BCUT2D eigenvalue weighted by molar-refractivity contribution is -0.133. The van der Waals surface area contributed by atoms with Crippen LogP contribution in [0.15, 0.2) is 34.9 Å². The second kappa shape index (κ2) is 7.25. The van der Waals surface area contributed by atoms with Gasteiger partial charge in [0.25, 0.3) is 5.91 Å². The van der Waals surface area contributed by atoms with Crippen molar-refractivity contribution in [2.24, 2.45) is 0 Å². The summed E-state index contributed by atoms with van der Waals surface area (Å²) in [6, 6.07) is 6.02. The van der Waals surface area contributed by atoms with Crippen molar-refractivity contribution in [3.63, 3.8) is 0 Å². The lowest BCUT2D eigenvalue weighted by Crippen LogP contribution is -2.42. The third-order valence-corrected chi connectivity index (χ3v) is 4.13. The highest BCUT2D eigenvalue weighted by molar-refractivity contribution is 6.10. The van der Waals surface area contributed by atoms with Crippen LogP contribution in [-0.2, 0) is 15.1 Å². The van der Waals surface area contributed by atoms with Gasteiger partial charge in [0.15, 0.2) is 5.82 Å². The fraction of sp³-hybridized carbons (Fsp3) is 0.294. The minimum absolute atomic E-state index is 0.0849. The molecule has 3 rings (SSSR count). The molecule has 11 heteroatoms. The van der Waals surface area contributed by atoms with E-state index in [0.717, 1.165) is 4.90 Å². The van der Waals surface area contributed by atoms with E-state index in [1.54, 1.807) is 6.92 Å². The molecule has 0 unspecified atom stereocenters. The minimum atomic E-state index is -2.98. The Hall–Kier alpha value is -3.50. The number of halogens is 2. The number of imide groups is 1. The van der Waals surface area contributed by atoms with E-state index in [1.807, 2.05) is 0 Å². The highest BCUT2D eigenvalue weighted by Gasteiger charge is 2.49. The number of ether oxygens (including phenoxy) is 1. The Morgan fingerprint density at radius 1 is 1.36 bits per heavy atom. The molecule has 28 heavy (non-hydrogen) atoms. The monoisotopic (exact) mass is 394 g/mol. The minimum Gasteiger partial charge on any atom is -0.435 e. The number of rotatable bonds is 6. The van der Waals surface area contributed by atoms with Crippen LogP contribution in [0.25, 0.3) is 0 Å². The molecule has 1 aromatic heterocycles. The number of aryl methyl sites for hydroxylation is 1. The number of nitrogens with one attached hydrogen (secondary N) is 2. The molecule has 1 aromatic carbocycles. The Balaban J connectivity index is 1.72. The average molecular weight is 394 g/mol. The number of alkyl halides is 2. The fourth-order valence-electron chi connectivity index (χ4n) is 2.76. The number of urea groups is 1. The molecule has 2 N–H and O–H groups in total. The van der Waals surface area contributed by atoms with Crippen molar-refractivity contribution in [1.29, 1.82) is 0 Å². The molecule has 0 radical (unpaired) electrons. The summed E-state index contributed by atoms with van der Waals surface area (Å²) in [5.41, 5.74) is -1.10. The van der Waals surface area contributed by atoms with Crippen LogP contribution in [0.3, 0.4) is 0 Å². The van der Waals surface area contributed by atoms with Gasteiger partial charge >= 0.3 is 12.6 Å². The van der Waals surface area contributed by atoms with Crippen molar-refractivity contribution in [2.45, 2.75) is 26.0 Å². The van der Waals surface area contributed by atoms with E-state index < -0.39 is 36.5 Å². The zero-order chi connectivity index (χ0) is 20.5. The number of hydrogen-bond acceptors (Lipinski definition) is 6. The van der Waals surface area contributed by atoms with Crippen LogP contribution < -0.4 is 15.4 Å². The molecule has 1 saturated heterocycles. The quantitative estimate of drug-likeness (QED) is 0.725. The number of carbonyl (C=O) groups excluding carboxylic acids is 3. The molecule has 1 fully saturated rings. The SMILES string of the molecule is Cc1cc(NC(=O)CN2C(=O)N[C@](C)(c3ccc(OC(F)F)cc3)C2=O)no1. The van der Waals surface area contributed by atoms with Crippen LogP contribution in [0.2, 0.25) is 0 Å². The van der Waals surface area contributed by atoms with Gasteiger partial charge in [-0.25, -0.2) is 4.79 Å². The summed E-state index contributed by atoms with van der Waals surface area (Å²) < 4.78 is 33.6. The molecular formula is C17H16F2N4O5. The van der Waals surface area contributed by atoms with Crippen molar-refractivity contribution < 1.29 is 32.4 Å². The van der Waals surface area contributed by atoms with E-state index >= 15 is 0 Å². The Labute approximate surface area is 157 Å². The number of aromatic nitrogens is 1. The van der Waals surface area contributed by atoms with E-state index in [1.165, 1.54) is 37.3 Å². The maximum atomic E-state index is 12.8. The first-order valence-corrected chi connectivity index (χ1v) is 8.11. The molecule has 2 heterocycles. The van der Waals surface area contributed by atoms with Crippen LogP contribution in [0.4, 0.5) is 19.4 Å².